The number of hydrogen-bond acceptors (Lipinski definition) is 2. The minimum atomic E-state index is -0.939. The summed E-state index contributed by atoms with van der Waals surface area (Å²) >= 11 is 6.77. The molecule has 19 heavy (non-hydrogen) atoms. The molecule has 3 N–H and O–H groups in total. The van der Waals surface area contributed by atoms with Gasteiger partial charge in [-0.2, -0.15) is 0 Å². The van der Waals surface area contributed by atoms with Gasteiger partial charge in [-0.25, -0.2) is 0 Å². The molecule has 2 aromatic rings. The number of nitrogens with one attached hydrogen (secondary N) is 2. The summed E-state index contributed by atoms with van der Waals surface area (Å²) in [4.78, 5) is 25.3. The van der Waals surface area contributed by atoms with Gasteiger partial charge in [-0.3, -0.25) is 9.59 Å². The number of H-pyrrole nitrogens is 1. The van der Waals surface area contributed by atoms with E-state index in [9.17, 15) is 9.59 Å². The zero-order valence-electron chi connectivity index (χ0n) is 9.67. The number of fused-ring (bicyclic) bond motifs is 1. The van der Waals surface area contributed by atoms with Crippen LogP contribution in [0.2, 0.25) is 0 Å². The van der Waals surface area contributed by atoms with Crippen LogP contribution in [0.4, 0.5) is 0 Å². The molecule has 0 saturated carbocycles. The van der Waals surface area contributed by atoms with Crippen LogP contribution < -0.4 is 5.32 Å². The molecule has 0 fully saturated rings. The van der Waals surface area contributed by atoms with E-state index in [0.717, 1.165) is 19.8 Å². The van der Waals surface area contributed by atoms with Crippen LogP contribution in [0.25, 0.3) is 10.9 Å². The number of halogens is 2. The number of carbonyl (C=O) groups excluding carboxylic acids is 1. The topological polar surface area (TPSA) is 82.2 Å². The Morgan fingerprint density at radius 2 is 1.95 bits per heavy atom. The van der Waals surface area contributed by atoms with Crippen molar-refractivity contribution < 1.29 is 14.7 Å². The van der Waals surface area contributed by atoms with Gasteiger partial charge in [0.25, 0.3) is 5.91 Å². The molecule has 0 bridgehead atoms. The third kappa shape index (κ3) is 3.16. The minimum Gasteiger partial charge on any atom is -0.481 e. The summed E-state index contributed by atoms with van der Waals surface area (Å²) in [5.41, 5.74) is 1.33. The van der Waals surface area contributed by atoms with Crippen molar-refractivity contribution >= 4 is 54.6 Å². The largest absolute Gasteiger partial charge is 0.481 e. The molecule has 1 aromatic carbocycles. The fourth-order valence-electron chi connectivity index (χ4n) is 1.68. The van der Waals surface area contributed by atoms with E-state index >= 15 is 0 Å². The first kappa shape index (κ1) is 14.1. The number of aliphatic carboxylic acids is 1. The molecule has 0 unspecified atom stereocenters. The average Bonchev–Trinajstić information content (AvgIpc) is 2.72. The molecular weight excluding hydrogens is 380 g/mol. The summed E-state index contributed by atoms with van der Waals surface area (Å²) in [7, 11) is 0. The molecule has 0 aliphatic carbocycles. The zero-order valence-corrected chi connectivity index (χ0v) is 12.8. The van der Waals surface area contributed by atoms with Crippen LogP contribution >= 0.6 is 31.9 Å². The fourth-order valence-corrected chi connectivity index (χ4v) is 2.37. The van der Waals surface area contributed by atoms with Gasteiger partial charge < -0.3 is 15.4 Å². The van der Waals surface area contributed by atoms with Crippen LogP contribution in [-0.2, 0) is 4.79 Å². The highest BCUT2D eigenvalue weighted by atomic mass is 79.9. The molecule has 5 nitrogen and oxygen atoms in total. The predicted molar refractivity (Wildman–Crippen MR) is 78.3 cm³/mol. The summed E-state index contributed by atoms with van der Waals surface area (Å²) in [5.74, 6) is -1.23. The molecular formula is C12H10Br2N2O3. The van der Waals surface area contributed by atoms with Gasteiger partial charge in [0.15, 0.2) is 0 Å². The van der Waals surface area contributed by atoms with Crippen LogP contribution in [0.1, 0.15) is 16.8 Å². The van der Waals surface area contributed by atoms with Gasteiger partial charge in [-0.1, -0.05) is 0 Å². The van der Waals surface area contributed by atoms with Crippen LogP contribution in [-0.4, -0.2) is 28.5 Å². The molecule has 0 spiro atoms. The lowest BCUT2D eigenvalue weighted by molar-refractivity contribution is -0.136. The lowest BCUT2D eigenvalue weighted by Crippen LogP contribution is -2.25. The van der Waals surface area contributed by atoms with E-state index in [-0.39, 0.29) is 18.9 Å². The third-order valence-corrected chi connectivity index (χ3v) is 4.44. The van der Waals surface area contributed by atoms with E-state index in [1.165, 1.54) is 0 Å². The maximum absolute atomic E-state index is 11.9. The van der Waals surface area contributed by atoms with Gasteiger partial charge in [-0.05, 0) is 44.0 Å². The van der Waals surface area contributed by atoms with Crippen molar-refractivity contribution in [2.75, 3.05) is 6.54 Å². The molecule has 1 aromatic heterocycles. The highest BCUT2D eigenvalue weighted by molar-refractivity contribution is 9.13. The lowest BCUT2D eigenvalue weighted by atomic mass is 10.1. The second kappa shape index (κ2) is 5.75. The number of rotatable bonds is 4. The Hall–Kier alpha value is -1.34. The molecule has 0 saturated heterocycles. The third-order valence-electron chi connectivity index (χ3n) is 2.59. The summed E-state index contributed by atoms with van der Waals surface area (Å²) in [6.07, 6.45) is 1.52. The summed E-state index contributed by atoms with van der Waals surface area (Å²) in [5, 5.41) is 11.9. The molecule has 1 heterocycles. The first-order valence-electron chi connectivity index (χ1n) is 5.45. The summed E-state index contributed by atoms with van der Waals surface area (Å²) in [6.45, 7) is 0.110. The van der Waals surface area contributed by atoms with E-state index in [4.69, 9.17) is 5.11 Å². The first-order chi connectivity index (χ1) is 8.99. The quantitative estimate of drug-likeness (QED) is 0.751. The maximum atomic E-state index is 11.9. The number of carboxylic acid groups (broad SMARTS) is 1. The van der Waals surface area contributed by atoms with Crippen molar-refractivity contribution in [3.63, 3.8) is 0 Å². The van der Waals surface area contributed by atoms with E-state index < -0.39 is 5.97 Å². The van der Waals surface area contributed by atoms with Crippen molar-refractivity contribution in [3.8, 4) is 0 Å². The van der Waals surface area contributed by atoms with Gasteiger partial charge in [0.1, 0.15) is 0 Å². The molecule has 0 atom stereocenters. The number of benzene rings is 1. The highest BCUT2D eigenvalue weighted by Crippen LogP contribution is 2.29. The number of aromatic nitrogens is 1. The van der Waals surface area contributed by atoms with Crippen molar-refractivity contribution in [2.24, 2.45) is 0 Å². The van der Waals surface area contributed by atoms with E-state index in [1.807, 2.05) is 12.1 Å². The van der Waals surface area contributed by atoms with Gasteiger partial charge >= 0.3 is 5.97 Å². The summed E-state index contributed by atoms with van der Waals surface area (Å²) in [6, 6.07) is 3.70. The molecule has 0 radical (unpaired) electrons. The highest BCUT2D eigenvalue weighted by Gasteiger charge is 2.13. The maximum Gasteiger partial charge on any atom is 0.305 e. The minimum absolute atomic E-state index is 0.0939. The Balaban J connectivity index is 2.23. The Labute approximate surface area is 125 Å². The second-order valence-electron chi connectivity index (χ2n) is 3.91. The normalized spacial score (nSPS) is 10.6. The first-order valence-corrected chi connectivity index (χ1v) is 7.03. The van der Waals surface area contributed by atoms with Crippen LogP contribution in [0, 0.1) is 0 Å². The van der Waals surface area contributed by atoms with E-state index in [2.05, 4.69) is 42.2 Å². The number of aromatic amines is 1. The molecule has 0 aliphatic rings. The van der Waals surface area contributed by atoms with E-state index in [0.29, 0.717) is 5.56 Å². The predicted octanol–water partition coefficient (Wildman–Crippen LogP) is 2.90. The summed E-state index contributed by atoms with van der Waals surface area (Å²) < 4.78 is 1.74. The van der Waals surface area contributed by atoms with Gasteiger partial charge in [0.05, 0.1) is 12.0 Å². The van der Waals surface area contributed by atoms with E-state index in [1.54, 1.807) is 6.20 Å². The molecule has 2 rings (SSSR count). The van der Waals surface area contributed by atoms with Crippen molar-refractivity contribution in [2.45, 2.75) is 6.42 Å². The number of carbonyl (C=O) groups is 2. The number of carboxylic acids is 1. The van der Waals surface area contributed by atoms with Gasteiger partial charge in [0.2, 0.25) is 0 Å². The Morgan fingerprint density at radius 3 is 2.63 bits per heavy atom. The lowest BCUT2D eigenvalue weighted by Gasteiger charge is -2.03. The van der Waals surface area contributed by atoms with Crippen molar-refractivity contribution in [3.05, 3.63) is 32.8 Å². The molecule has 0 aliphatic heterocycles. The number of amides is 1. The zero-order chi connectivity index (χ0) is 14.0. The van der Waals surface area contributed by atoms with Crippen molar-refractivity contribution in [1.82, 2.24) is 10.3 Å². The van der Waals surface area contributed by atoms with Gasteiger partial charge in [-0.15, -0.1) is 0 Å². The Kier molecular flexibility index (Phi) is 4.26. The molecule has 7 heteroatoms. The van der Waals surface area contributed by atoms with Crippen LogP contribution in [0.3, 0.4) is 0 Å². The molecule has 1 amide bonds. The fraction of sp³-hybridized carbons (Fsp3) is 0.167. The second-order valence-corrected chi connectivity index (χ2v) is 5.62. The van der Waals surface area contributed by atoms with Crippen molar-refractivity contribution in [1.29, 1.82) is 0 Å². The Morgan fingerprint density at radius 1 is 1.26 bits per heavy atom. The Bertz CT molecular complexity index is 652. The van der Waals surface area contributed by atoms with Gasteiger partial charge in [0, 0.05) is 32.6 Å². The number of hydrogen-bond donors (Lipinski definition) is 3. The SMILES string of the molecule is O=C(O)CCNC(=O)c1c[nH]c2cc(Br)c(Br)cc12. The van der Waals surface area contributed by atoms with Crippen LogP contribution in [0.15, 0.2) is 27.3 Å². The standard InChI is InChI=1S/C12H10Br2N2O3/c13-8-3-6-7(5-16-10(6)4-9(8)14)12(19)15-2-1-11(17)18/h3-5,16H,1-2H2,(H,15,19)(H,17,18). The smallest absolute Gasteiger partial charge is 0.305 e. The average molecular weight is 390 g/mol. The monoisotopic (exact) mass is 388 g/mol. The molecule has 100 valence electrons. The van der Waals surface area contributed by atoms with Crippen LogP contribution in [0.5, 0.6) is 0 Å².